The zero-order valence-electron chi connectivity index (χ0n) is 20.2. The summed E-state index contributed by atoms with van der Waals surface area (Å²) in [6, 6.07) is 8.52. The lowest BCUT2D eigenvalue weighted by molar-refractivity contribution is -0.0912. The largest absolute Gasteiger partial charge is 0.395 e. The SMILES string of the molecule is CC1(C)CC=C(c2cc(CN3CCN(CCO)CC3)ccc2NC(=O)c2ncc(C#[NH+])[nH]2)CC1. The summed E-state index contributed by atoms with van der Waals surface area (Å²) in [6.45, 7) is 10.3. The van der Waals surface area contributed by atoms with Gasteiger partial charge in [-0.15, -0.1) is 0 Å². The van der Waals surface area contributed by atoms with Crippen molar-refractivity contribution in [3.8, 4) is 6.07 Å². The average Bonchev–Trinajstić information content (AvgIpc) is 3.31. The molecule has 0 atom stereocenters. The molecule has 1 aromatic carbocycles. The lowest BCUT2D eigenvalue weighted by atomic mass is 9.76. The number of carbonyl (C=O) groups is 1. The van der Waals surface area contributed by atoms with Crippen LogP contribution in [0.2, 0.25) is 0 Å². The van der Waals surface area contributed by atoms with Crippen LogP contribution in [0.4, 0.5) is 5.69 Å². The minimum atomic E-state index is -0.327. The van der Waals surface area contributed by atoms with Gasteiger partial charge in [0, 0.05) is 50.5 Å². The van der Waals surface area contributed by atoms with E-state index in [2.05, 4.69) is 63.2 Å². The van der Waals surface area contributed by atoms with Crippen LogP contribution in [0, 0.1) is 11.5 Å². The van der Waals surface area contributed by atoms with Gasteiger partial charge in [-0.05, 0) is 47.9 Å². The van der Waals surface area contributed by atoms with Gasteiger partial charge in [0.15, 0.2) is 11.5 Å². The van der Waals surface area contributed by atoms with Crippen molar-refractivity contribution in [2.45, 2.75) is 39.7 Å². The first-order valence-corrected chi connectivity index (χ1v) is 12.0. The number of rotatable bonds is 7. The van der Waals surface area contributed by atoms with Crippen molar-refractivity contribution in [1.29, 1.82) is 0 Å². The van der Waals surface area contributed by atoms with Gasteiger partial charge in [-0.3, -0.25) is 14.6 Å². The quantitative estimate of drug-likeness (QED) is 0.498. The summed E-state index contributed by atoms with van der Waals surface area (Å²) in [6.07, 6.45) is 6.86. The third-order valence-electron chi connectivity index (χ3n) is 6.86. The molecule has 8 nitrogen and oxygen atoms in total. The first-order chi connectivity index (χ1) is 16.4. The standard InChI is InChI=1S/C26H34N6O2/c1-26(2)7-5-20(6-8-26)22-15-19(18-32-11-9-31(10-12-32)13-14-33)3-4-23(22)30-25(34)24-28-17-21(16-27)29-24/h3-5,15,17,33H,6-14,18H2,1-2H3,(H,28,29)(H,30,34)/p+1. The molecule has 2 aliphatic rings. The molecule has 180 valence electrons. The van der Waals surface area contributed by atoms with E-state index in [-0.39, 0.29) is 18.3 Å². The third kappa shape index (κ3) is 5.92. The molecule has 34 heavy (non-hydrogen) atoms. The molecule has 0 bridgehead atoms. The van der Waals surface area contributed by atoms with E-state index in [0.29, 0.717) is 11.1 Å². The number of β-amino-alcohol motifs (C(OH)–C–C–N with tert-alkyl or cyclic N) is 1. The number of benzene rings is 1. The predicted molar refractivity (Wildman–Crippen MR) is 131 cm³/mol. The summed E-state index contributed by atoms with van der Waals surface area (Å²) >= 11 is 0. The Morgan fingerprint density at radius 1 is 1.26 bits per heavy atom. The Morgan fingerprint density at radius 3 is 2.68 bits per heavy atom. The number of aliphatic hydroxyl groups excluding tert-OH is 1. The molecule has 0 radical (unpaired) electrons. The molecule has 1 aliphatic heterocycles. The summed E-state index contributed by atoms with van der Waals surface area (Å²) in [4.78, 5) is 24.4. The number of allylic oxidation sites excluding steroid dienone is 2. The van der Waals surface area contributed by atoms with Gasteiger partial charge in [0.05, 0.1) is 12.8 Å². The maximum Gasteiger partial charge on any atom is 0.328 e. The highest BCUT2D eigenvalue weighted by Gasteiger charge is 2.24. The van der Waals surface area contributed by atoms with E-state index in [1.54, 1.807) is 0 Å². The van der Waals surface area contributed by atoms with Crippen molar-refractivity contribution in [3.63, 3.8) is 0 Å². The fraction of sp³-hybridized carbons (Fsp3) is 0.500. The van der Waals surface area contributed by atoms with Gasteiger partial charge in [0.25, 0.3) is 5.91 Å². The van der Waals surface area contributed by atoms with Gasteiger partial charge in [-0.2, -0.15) is 0 Å². The fourth-order valence-corrected chi connectivity index (χ4v) is 4.64. The maximum atomic E-state index is 12.8. The molecule has 0 spiro atoms. The van der Waals surface area contributed by atoms with E-state index < -0.39 is 0 Å². The molecule has 8 heteroatoms. The van der Waals surface area contributed by atoms with E-state index in [0.717, 1.165) is 69.8 Å². The zero-order chi connectivity index (χ0) is 24.1. The highest BCUT2D eigenvalue weighted by Crippen LogP contribution is 2.40. The number of imidazole rings is 1. The number of aromatic nitrogens is 2. The summed E-state index contributed by atoms with van der Waals surface area (Å²) in [5, 5.41) is 19.4. The van der Waals surface area contributed by atoms with Crippen LogP contribution in [-0.4, -0.2) is 70.1 Å². The topological polar surface area (TPSA) is 108 Å². The van der Waals surface area contributed by atoms with Crippen LogP contribution < -0.4 is 10.6 Å². The molecule has 1 saturated heterocycles. The minimum absolute atomic E-state index is 0.171. The van der Waals surface area contributed by atoms with Gasteiger partial charge in [0.2, 0.25) is 0 Å². The van der Waals surface area contributed by atoms with Gasteiger partial charge < -0.3 is 15.4 Å². The minimum Gasteiger partial charge on any atom is -0.395 e. The number of hydrogen-bond donors (Lipinski definition) is 4. The number of amides is 1. The highest BCUT2D eigenvalue weighted by molar-refractivity contribution is 6.03. The van der Waals surface area contributed by atoms with Crippen molar-refractivity contribution in [3.05, 3.63) is 53.1 Å². The number of anilines is 1. The number of nitrogens with zero attached hydrogens (tertiary/aromatic N) is 3. The second-order valence-corrected chi connectivity index (χ2v) is 10.0. The molecule has 1 aromatic heterocycles. The van der Waals surface area contributed by atoms with Crippen LogP contribution in [-0.2, 0) is 6.54 Å². The van der Waals surface area contributed by atoms with Gasteiger partial charge in [-0.25, -0.2) is 4.98 Å². The van der Waals surface area contributed by atoms with Crippen molar-refractivity contribution in [2.24, 2.45) is 5.41 Å². The molecular formula is C26H35N6O2+. The Labute approximate surface area is 201 Å². The van der Waals surface area contributed by atoms with Gasteiger partial charge in [-0.1, -0.05) is 31.3 Å². The zero-order valence-corrected chi connectivity index (χ0v) is 20.2. The van der Waals surface area contributed by atoms with Crippen molar-refractivity contribution in [2.75, 3.05) is 44.6 Å². The van der Waals surface area contributed by atoms with Crippen LogP contribution in [0.1, 0.15) is 60.5 Å². The second-order valence-electron chi connectivity index (χ2n) is 10.0. The van der Waals surface area contributed by atoms with Crippen LogP contribution in [0.3, 0.4) is 0 Å². The van der Waals surface area contributed by atoms with E-state index in [4.69, 9.17) is 5.26 Å². The number of hydrogen-bond acceptors (Lipinski definition) is 5. The Kier molecular flexibility index (Phi) is 7.47. The van der Waals surface area contributed by atoms with Gasteiger partial charge >= 0.3 is 6.07 Å². The van der Waals surface area contributed by atoms with E-state index in [9.17, 15) is 9.90 Å². The molecule has 1 amide bonds. The van der Waals surface area contributed by atoms with Crippen molar-refractivity contribution >= 4 is 17.2 Å². The number of H-pyrrole nitrogens is 1. The van der Waals surface area contributed by atoms with Crippen molar-refractivity contribution < 1.29 is 15.2 Å². The van der Waals surface area contributed by atoms with E-state index in [1.165, 1.54) is 17.3 Å². The molecule has 4 N–H and O–H groups in total. The summed E-state index contributed by atoms with van der Waals surface area (Å²) in [5.41, 5.74) is 5.03. The monoisotopic (exact) mass is 463 g/mol. The summed E-state index contributed by atoms with van der Waals surface area (Å²) in [7, 11) is 0. The van der Waals surface area contributed by atoms with Crippen LogP contribution in [0.5, 0.6) is 0 Å². The maximum absolute atomic E-state index is 12.8. The average molecular weight is 464 g/mol. The number of aromatic amines is 1. The van der Waals surface area contributed by atoms with Crippen LogP contribution in [0.25, 0.3) is 5.57 Å². The second kappa shape index (κ2) is 10.5. The molecule has 1 aliphatic carbocycles. The number of carbonyl (C=O) groups excluding carboxylic acids is 1. The lowest BCUT2D eigenvalue weighted by Crippen LogP contribution is -2.46. The number of piperazine rings is 1. The molecule has 0 saturated carbocycles. The molecule has 2 heterocycles. The Balaban J connectivity index is 1.54. The molecule has 2 aromatic rings. The molecular weight excluding hydrogens is 428 g/mol. The molecule has 1 fully saturated rings. The van der Waals surface area contributed by atoms with Crippen molar-refractivity contribution in [1.82, 2.24) is 19.8 Å². The predicted octanol–water partition coefficient (Wildman–Crippen LogP) is 1.49. The number of aliphatic hydroxyl groups is 1. The Morgan fingerprint density at radius 2 is 2.03 bits per heavy atom. The normalized spacial score (nSPS) is 18.8. The van der Waals surface area contributed by atoms with Gasteiger partial charge in [0.1, 0.15) is 0 Å². The molecule has 4 rings (SSSR count). The summed E-state index contributed by atoms with van der Waals surface area (Å²) < 4.78 is 0. The Bertz CT molecular complexity index is 1090. The number of nitrogens with one attached hydrogen (secondary N) is 3. The highest BCUT2D eigenvalue weighted by atomic mass is 16.3. The first-order valence-electron chi connectivity index (χ1n) is 12.0. The summed E-state index contributed by atoms with van der Waals surface area (Å²) in [5.74, 6) is -0.156. The lowest BCUT2D eigenvalue weighted by Gasteiger charge is -2.34. The van der Waals surface area contributed by atoms with Crippen LogP contribution >= 0.6 is 0 Å². The van der Waals surface area contributed by atoms with E-state index >= 15 is 0 Å². The van der Waals surface area contributed by atoms with Crippen LogP contribution in [0.15, 0.2) is 30.5 Å². The molecule has 0 unspecified atom stereocenters. The smallest absolute Gasteiger partial charge is 0.328 e. The Hall–Kier alpha value is -2.99. The van der Waals surface area contributed by atoms with E-state index in [1.807, 2.05) is 6.07 Å². The first kappa shape index (κ1) is 24.1. The fourth-order valence-electron chi connectivity index (χ4n) is 4.64. The third-order valence-corrected chi connectivity index (χ3v) is 6.86.